The molecular weight excluding hydrogens is 234 g/mol. The molecule has 0 aliphatic carbocycles. The maximum Gasteiger partial charge on any atom is 0.272 e. The Balaban J connectivity index is 2.04. The van der Waals surface area contributed by atoms with Crippen LogP contribution in [0.5, 0.6) is 0 Å². The number of H-pyrrole nitrogens is 1. The molecule has 0 spiro atoms. The van der Waals surface area contributed by atoms with Gasteiger partial charge >= 0.3 is 0 Å². The summed E-state index contributed by atoms with van der Waals surface area (Å²) in [5.41, 5.74) is 0.994. The van der Waals surface area contributed by atoms with Gasteiger partial charge in [-0.05, 0) is 19.1 Å². The van der Waals surface area contributed by atoms with E-state index in [9.17, 15) is 4.79 Å². The van der Waals surface area contributed by atoms with E-state index in [0.717, 1.165) is 0 Å². The molecule has 0 aliphatic heterocycles. The molecule has 6 heteroatoms. The zero-order valence-corrected chi connectivity index (χ0v) is 10.3. The lowest BCUT2D eigenvalue weighted by molar-refractivity contribution is 0.0900. The number of nitrogens with one attached hydrogen (secondary N) is 2. The Labute approximate surface area is 104 Å². The monoisotopic (exact) mass is 249 g/mol. The standard InChI is InChI=1S/C12H15N3O3/c1-8(7-17-2)13-12(16)10-6-9(14-15-10)11-4-3-5-18-11/h3-6,8H,7H2,1-2H3,(H,13,16)(H,14,15). The van der Waals surface area contributed by atoms with Gasteiger partial charge in [-0.1, -0.05) is 0 Å². The first-order valence-corrected chi connectivity index (χ1v) is 5.60. The lowest BCUT2D eigenvalue weighted by Gasteiger charge is -2.10. The number of hydrogen-bond donors (Lipinski definition) is 2. The molecule has 1 amide bonds. The van der Waals surface area contributed by atoms with E-state index >= 15 is 0 Å². The molecule has 2 N–H and O–H groups in total. The SMILES string of the molecule is COCC(C)NC(=O)c1cc(-c2ccco2)[nH]n1. The molecule has 0 aliphatic rings. The van der Waals surface area contributed by atoms with Crippen LogP contribution in [0, 0.1) is 0 Å². The minimum Gasteiger partial charge on any atom is -0.463 e. The Morgan fingerprint density at radius 1 is 1.67 bits per heavy atom. The van der Waals surface area contributed by atoms with Crippen molar-refractivity contribution in [2.45, 2.75) is 13.0 Å². The normalized spacial score (nSPS) is 12.3. The van der Waals surface area contributed by atoms with Gasteiger partial charge in [0.1, 0.15) is 5.69 Å². The zero-order chi connectivity index (χ0) is 13.0. The molecule has 6 nitrogen and oxygen atoms in total. The van der Waals surface area contributed by atoms with Gasteiger partial charge in [0.15, 0.2) is 11.5 Å². The largest absolute Gasteiger partial charge is 0.463 e. The number of carbonyl (C=O) groups is 1. The zero-order valence-electron chi connectivity index (χ0n) is 10.3. The number of furan rings is 1. The van der Waals surface area contributed by atoms with Gasteiger partial charge in [0.25, 0.3) is 5.91 Å². The van der Waals surface area contributed by atoms with Gasteiger partial charge in [0.05, 0.1) is 12.9 Å². The average molecular weight is 249 g/mol. The fourth-order valence-corrected chi connectivity index (χ4v) is 1.59. The molecule has 18 heavy (non-hydrogen) atoms. The summed E-state index contributed by atoms with van der Waals surface area (Å²) in [6, 6.07) is 5.15. The van der Waals surface area contributed by atoms with Crippen molar-refractivity contribution < 1.29 is 13.9 Å². The summed E-state index contributed by atoms with van der Waals surface area (Å²) in [5.74, 6) is 0.403. The van der Waals surface area contributed by atoms with Crippen LogP contribution in [0.3, 0.4) is 0 Å². The minimum absolute atomic E-state index is 0.0636. The van der Waals surface area contributed by atoms with E-state index < -0.39 is 0 Å². The fourth-order valence-electron chi connectivity index (χ4n) is 1.59. The molecule has 0 aromatic carbocycles. The number of ether oxygens (including phenoxy) is 1. The van der Waals surface area contributed by atoms with Crippen LogP contribution in [0.4, 0.5) is 0 Å². The van der Waals surface area contributed by atoms with E-state index in [0.29, 0.717) is 23.8 Å². The number of aromatic amines is 1. The highest BCUT2D eigenvalue weighted by Crippen LogP contribution is 2.17. The van der Waals surface area contributed by atoms with Gasteiger partial charge in [-0.3, -0.25) is 9.89 Å². The summed E-state index contributed by atoms with van der Waals surface area (Å²) in [7, 11) is 1.59. The first-order valence-electron chi connectivity index (χ1n) is 5.60. The first-order chi connectivity index (χ1) is 8.70. The van der Waals surface area contributed by atoms with Crippen molar-refractivity contribution in [3.63, 3.8) is 0 Å². The second-order valence-corrected chi connectivity index (χ2v) is 3.97. The molecule has 1 unspecified atom stereocenters. The number of carbonyl (C=O) groups excluding carboxylic acids is 1. The molecule has 0 radical (unpaired) electrons. The molecule has 0 saturated heterocycles. The fraction of sp³-hybridized carbons (Fsp3) is 0.333. The summed E-state index contributed by atoms with van der Waals surface area (Å²) in [4.78, 5) is 11.8. The van der Waals surface area contributed by atoms with Crippen LogP contribution in [-0.4, -0.2) is 35.9 Å². The molecule has 2 rings (SSSR count). The highest BCUT2D eigenvalue weighted by molar-refractivity contribution is 5.93. The maximum absolute atomic E-state index is 11.8. The van der Waals surface area contributed by atoms with E-state index in [1.54, 1.807) is 31.6 Å². The van der Waals surface area contributed by atoms with Crippen molar-refractivity contribution >= 4 is 5.91 Å². The van der Waals surface area contributed by atoms with Gasteiger partial charge in [0.2, 0.25) is 0 Å². The molecule has 2 aromatic heterocycles. The summed E-state index contributed by atoms with van der Waals surface area (Å²) in [5, 5.41) is 9.48. The number of amides is 1. The Kier molecular flexibility index (Phi) is 3.78. The molecule has 0 fully saturated rings. The number of hydrogen-bond acceptors (Lipinski definition) is 4. The summed E-state index contributed by atoms with van der Waals surface area (Å²) in [6.45, 7) is 2.32. The van der Waals surface area contributed by atoms with Gasteiger partial charge in [0, 0.05) is 19.2 Å². The van der Waals surface area contributed by atoms with Gasteiger partial charge < -0.3 is 14.5 Å². The molecule has 96 valence electrons. The van der Waals surface area contributed by atoms with Crippen LogP contribution in [0.15, 0.2) is 28.9 Å². The Morgan fingerprint density at radius 2 is 2.50 bits per heavy atom. The van der Waals surface area contributed by atoms with Crippen molar-refractivity contribution in [3.8, 4) is 11.5 Å². The quantitative estimate of drug-likeness (QED) is 0.840. The summed E-state index contributed by atoms with van der Waals surface area (Å²) >= 11 is 0. The predicted octanol–water partition coefficient (Wildman–Crippen LogP) is 1.43. The van der Waals surface area contributed by atoms with E-state index in [2.05, 4.69) is 15.5 Å². The van der Waals surface area contributed by atoms with E-state index in [4.69, 9.17) is 9.15 Å². The van der Waals surface area contributed by atoms with Gasteiger partial charge in [-0.2, -0.15) is 5.10 Å². The second kappa shape index (κ2) is 5.50. The highest BCUT2D eigenvalue weighted by atomic mass is 16.5. The summed E-state index contributed by atoms with van der Waals surface area (Å²) < 4.78 is 10.2. The van der Waals surface area contributed by atoms with Crippen molar-refractivity contribution in [1.29, 1.82) is 0 Å². The van der Waals surface area contributed by atoms with Crippen molar-refractivity contribution in [3.05, 3.63) is 30.2 Å². The smallest absolute Gasteiger partial charge is 0.272 e. The minimum atomic E-state index is -0.242. The Hall–Kier alpha value is -2.08. The van der Waals surface area contributed by atoms with Crippen molar-refractivity contribution in [2.75, 3.05) is 13.7 Å². The molecule has 1 atom stereocenters. The van der Waals surface area contributed by atoms with Crippen molar-refractivity contribution in [2.24, 2.45) is 0 Å². The van der Waals surface area contributed by atoms with Crippen LogP contribution in [-0.2, 0) is 4.74 Å². The molecule has 2 heterocycles. The van der Waals surface area contributed by atoms with Crippen LogP contribution in [0.1, 0.15) is 17.4 Å². The third-order valence-electron chi connectivity index (χ3n) is 2.39. The van der Waals surface area contributed by atoms with Gasteiger partial charge in [-0.15, -0.1) is 0 Å². The summed E-state index contributed by atoms with van der Waals surface area (Å²) in [6.07, 6.45) is 1.57. The number of aromatic nitrogens is 2. The molecular formula is C12H15N3O3. The average Bonchev–Trinajstić information content (AvgIpc) is 3.00. The molecule has 2 aromatic rings. The number of rotatable bonds is 5. The maximum atomic E-state index is 11.8. The van der Waals surface area contributed by atoms with Crippen LogP contribution in [0.2, 0.25) is 0 Å². The van der Waals surface area contributed by atoms with Crippen LogP contribution in [0.25, 0.3) is 11.5 Å². The number of nitrogens with zero attached hydrogens (tertiary/aromatic N) is 1. The third kappa shape index (κ3) is 2.78. The van der Waals surface area contributed by atoms with Crippen LogP contribution >= 0.6 is 0 Å². The lowest BCUT2D eigenvalue weighted by Crippen LogP contribution is -2.35. The second-order valence-electron chi connectivity index (χ2n) is 3.97. The van der Waals surface area contributed by atoms with E-state index in [-0.39, 0.29) is 11.9 Å². The third-order valence-corrected chi connectivity index (χ3v) is 2.39. The number of methoxy groups -OCH3 is 1. The molecule has 0 saturated carbocycles. The predicted molar refractivity (Wildman–Crippen MR) is 65.1 cm³/mol. The first kappa shape index (κ1) is 12.4. The highest BCUT2D eigenvalue weighted by Gasteiger charge is 2.14. The Bertz CT molecular complexity index is 504. The van der Waals surface area contributed by atoms with E-state index in [1.165, 1.54) is 0 Å². The van der Waals surface area contributed by atoms with E-state index in [1.807, 2.05) is 6.92 Å². The lowest BCUT2D eigenvalue weighted by atomic mass is 10.2. The molecule has 0 bridgehead atoms. The topological polar surface area (TPSA) is 80.1 Å². The van der Waals surface area contributed by atoms with Gasteiger partial charge in [-0.25, -0.2) is 0 Å². The Morgan fingerprint density at radius 3 is 3.17 bits per heavy atom. The van der Waals surface area contributed by atoms with Crippen molar-refractivity contribution in [1.82, 2.24) is 15.5 Å². The van der Waals surface area contributed by atoms with Crippen LogP contribution < -0.4 is 5.32 Å².